The second-order valence-corrected chi connectivity index (χ2v) is 15.1. The Labute approximate surface area is 231 Å². The summed E-state index contributed by atoms with van der Waals surface area (Å²) in [6.07, 6.45) is 10.7. The van der Waals surface area contributed by atoms with E-state index in [0.29, 0.717) is 6.71 Å². The number of allylic oxidation sites excluding steroid dienone is 2. The number of thiophene rings is 2. The lowest BCUT2D eigenvalue weighted by Gasteiger charge is -2.17. The van der Waals surface area contributed by atoms with E-state index in [2.05, 4.69) is 117 Å². The number of hydrogen-bond donors (Lipinski definition) is 1. The van der Waals surface area contributed by atoms with Gasteiger partial charge in [0.2, 0.25) is 6.71 Å². The second-order valence-electron chi connectivity index (χ2n) is 11.9. The zero-order valence-corrected chi connectivity index (χ0v) is 26.4. The molecule has 0 unspecified atom stereocenters. The molecule has 0 saturated heterocycles. The van der Waals surface area contributed by atoms with Gasteiger partial charge in [0.05, 0.1) is 6.33 Å². The maximum atomic E-state index is 3.96. The summed E-state index contributed by atoms with van der Waals surface area (Å²) < 4.78 is 4.17. The summed E-state index contributed by atoms with van der Waals surface area (Å²) in [5, 5.41) is 4.68. The molecular formula is C29H44BBrN2S2. The van der Waals surface area contributed by atoms with Gasteiger partial charge in [0.25, 0.3) is 0 Å². The van der Waals surface area contributed by atoms with Gasteiger partial charge in [-0.05, 0) is 78.8 Å². The van der Waals surface area contributed by atoms with Gasteiger partial charge in [-0.1, -0.05) is 95.9 Å². The highest BCUT2D eigenvalue weighted by atomic mass is 79.9. The molecule has 3 aromatic rings. The fourth-order valence-corrected chi connectivity index (χ4v) is 6.43. The molecule has 35 heavy (non-hydrogen) atoms. The molecule has 0 aliphatic heterocycles. The summed E-state index contributed by atoms with van der Waals surface area (Å²) in [5.74, 6) is 0.818. The lowest BCUT2D eigenvalue weighted by atomic mass is 9.45. The Bertz CT molecular complexity index is 977. The highest BCUT2D eigenvalue weighted by Crippen LogP contribution is 2.26. The van der Waals surface area contributed by atoms with Gasteiger partial charge in [-0.2, -0.15) is 22.7 Å². The molecular weight excluding hydrogens is 531 g/mol. The number of aryl methyl sites for hydroxylation is 1. The Kier molecular flexibility index (Phi) is 11.6. The van der Waals surface area contributed by atoms with Crippen molar-refractivity contribution in [3.8, 4) is 0 Å². The zero-order valence-electron chi connectivity index (χ0n) is 23.2. The van der Waals surface area contributed by atoms with Crippen molar-refractivity contribution in [1.82, 2.24) is 9.97 Å². The molecule has 1 N–H and O–H groups in total. The van der Waals surface area contributed by atoms with Gasteiger partial charge in [0, 0.05) is 11.9 Å². The molecule has 3 aromatic heterocycles. The third-order valence-electron chi connectivity index (χ3n) is 6.08. The molecule has 0 aliphatic carbocycles. The van der Waals surface area contributed by atoms with Crippen LogP contribution in [0.3, 0.4) is 0 Å². The quantitative estimate of drug-likeness (QED) is 0.268. The van der Waals surface area contributed by atoms with Crippen LogP contribution in [-0.2, 0) is 17.3 Å². The number of halogens is 1. The maximum Gasteiger partial charge on any atom is 0.239 e. The average Bonchev–Trinajstić information content (AvgIpc) is 3.49. The second kappa shape index (κ2) is 13.4. The van der Waals surface area contributed by atoms with E-state index < -0.39 is 0 Å². The van der Waals surface area contributed by atoms with Crippen molar-refractivity contribution in [3.63, 3.8) is 0 Å². The summed E-state index contributed by atoms with van der Waals surface area (Å²) in [5.41, 5.74) is 4.57. The third kappa shape index (κ3) is 10.4. The Morgan fingerprint density at radius 1 is 1.03 bits per heavy atom. The van der Waals surface area contributed by atoms with Crippen LogP contribution < -0.4 is 9.55 Å². The minimum atomic E-state index is 0.215. The van der Waals surface area contributed by atoms with Crippen LogP contribution in [0.5, 0.6) is 0 Å². The Hall–Kier alpha value is -1.11. The first-order valence-electron chi connectivity index (χ1n) is 12.7. The van der Waals surface area contributed by atoms with E-state index in [4.69, 9.17) is 0 Å². The molecule has 3 rings (SSSR count). The number of aromatic nitrogens is 2. The van der Waals surface area contributed by atoms with Crippen LogP contribution in [0.25, 0.3) is 0 Å². The van der Waals surface area contributed by atoms with Crippen LogP contribution in [0.1, 0.15) is 92.0 Å². The van der Waals surface area contributed by atoms with E-state index in [9.17, 15) is 0 Å². The molecule has 2 nitrogen and oxygen atoms in total. The predicted molar refractivity (Wildman–Crippen MR) is 165 cm³/mol. The van der Waals surface area contributed by atoms with E-state index in [0.717, 1.165) is 18.7 Å². The number of rotatable bonds is 8. The first kappa shape index (κ1) is 30.1. The van der Waals surface area contributed by atoms with E-state index in [1.807, 2.05) is 28.9 Å². The SMILES string of the molecule is CC(Br)=CCB(c1cc(C(C)(C)C)cs1)c1cc(C(C)(C)C)cs1.CC(C)CCCc1cnc[nH]1. The van der Waals surface area contributed by atoms with Gasteiger partial charge in [0.15, 0.2) is 0 Å². The van der Waals surface area contributed by atoms with Crippen molar-refractivity contribution in [2.75, 3.05) is 0 Å². The molecule has 0 aromatic carbocycles. The molecule has 0 amide bonds. The summed E-state index contributed by atoms with van der Waals surface area (Å²) in [6, 6.07) is 4.84. The predicted octanol–water partition coefficient (Wildman–Crippen LogP) is 8.70. The molecule has 0 aliphatic rings. The first-order valence-corrected chi connectivity index (χ1v) is 15.3. The summed E-state index contributed by atoms with van der Waals surface area (Å²) in [6.45, 7) is 20.8. The van der Waals surface area contributed by atoms with E-state index in [1.165, 1.54) is 43.7 Å². The maximum absolute atomic E-state index is 3.96. The first-order chi connectivity index (χ1) is 16.3. The third-order valence-corrected chi connectivity index (χ3v) is 8.49. The van der Waals surface area contributed by atoms with Crippen LogP contribution in [0.15, 0.2) is 46.0 Å². The largest absolute Gasteiger partial charge is 0.348 e. The van der Waals surface area contributed by atoms with Crippen LogP contribution in [-0.4, -0.2) is 16.7 Å². The summed E-state index contributed by atoms with van der Waals surface area (Å²) in [7, 11) is 0. The van der Waals surface area contributed by atoms with Crippen molar-refractivity contribution in [2.45, 2.75) is 98.7 Å². The standard InChI is InChI=1S/C20H28BBrS2.C9H16N2/c1-14(22)8-9-21(17-10-15(12-23-17)19(2,3)4)18-11-16(13-24-18)20(5,6)7;1-8(2)4-3-5-9-6-10-7-11-9/h8,10-13H,9H2,1-7H3;6-8H,3-5H2,1-2H3,(H,10,11). The van der Waals surface area contributed by atoms with Gasteiger partial charge in [-0.3, -0.25) is 0 Å². The Morgan fingerprint density at radius 3 is 1.94 bits per heavy atom. The number of aromatic amines is 1. The fourth-order valence-electron chi connectivity index (χ4n) is 3.63. The highest BCUT2D eigenvalue weighted by molar-refractivity contribution is 9.11. The lowest BCUT2D eigenvalue weighted by molar-refractivity contribution is 0.553. The molecule has 3 heterocycles. The number of H-pyrrole nitrogens is 1. The minimum Gasteiger partial charge on any atom is -0.348 e. The smallest absolute Gasteiger partial charge is 0.239 e. The minimum absolute atomic E-state index is 0.215. The number of nitrogens with one attached hydrogen (secondary N) is 1. The molecule has 0 radical (unpaired) electrons. The number of hydrogen-bond acceptors (Lipinski definition) is 3. The molecule has 0 fully saturated rings. The number of nitrogens with zero attached hydrogens (tertiary/aromatic N) is 1. The number of imidazole rings is 1. The van der Waals surface area contributed by atoms with Gasteiger partial charge in [0.1, 0.15) is 0 Å². The monoisotopic (exact) mass is 574 g/mol. The Morgan fingerprint density at radius 2 is 1.57 bits per heavy atom. The van der Waals surface area contributed by atoms with Crippen molar-refractivity contribution in [2.24, 2.45) is 5.92 Å². The molecule has 0 saturated carbocycles. The summed E-state index contributed by atoms with van der Waals surface area (Å²) in [4.78, 5) is 7.06. The van der Waals surface area contributed by atoms with E-state index in [1.54, 1.807) is 6.33 Å². The topological polar surface area (TPSA) is 28.7 Å². The van der Waals surface area contributed by atoms with Crippen molar-refractivity contribution in [3.05, 3.63) is 62.8 Å². The van der Waals surface area contributed by atoms with Crippen LogP contribution in [0.4, 0.5) is 0 Å². The summed E-state index contributed by atoms with van der Waals surface area (Å²) >= 11 is 7.41. The van der Waals surface area contributed by atoms with Crippen LogP contribution in [0.2, 0.25) is 6.32 Å². The normalized spacial score (nSPS) is 12.6. The van der Waals surface area contributed by atoms with E-state index in [-0.39, 0.29) is 10.8 Å². The molecule has 0 atom stereocenters. The molecule has 192 valence electrons. The van der Waals surface area contributed by atoms with Crippen molar-refractivity contribution >= 4 is 54.9 Å². The van der Waals surface area contributed by atoms with Crippen LogP contribution in [0, 0.1) is 5.92 Å². The zero-order chi connectivity index (χ0) is 26.2. The van der Waals surface area contributed by atoms with Gasteiger partial charge in [-0.25, -0.2) is 4.98 Å². The van der Waals surface area contributed by atoms with Crippen molar-refractivity contribution in [1.29, 1.82) is 0 Å². The average molecular weight is 576 g/mol. The van der Waals surface area contributed by atoms with Crippen LogP contribution >= 0.6 is 38.6 Å². The Balaban J connectivity index is 0.000000328. The lowest BCUT2D eigenvalue weighted by Crippen LogP contribution is -2.38. The highest BCUT2D eigenvalue weighted by Gasteiger charge is 2.26. The fraction of sp³-hybridized carbons (Fsp3) is 0.552. The molecule has 6 heteroatoms. The van der Waals surface area contributed by atoms with Gasteiger partial charge < -0.3 is 4.98 Å². The van der Waals surface area contributed by atoms with Gasteiger partial charge >= 0.3 is 0 Å². The van der Waals surface area contributed by atoms with Crippen molar-refractivity contribution < 1.29 is 0 Å². The van der Waals surface area contributed by atoms with Gasteiger partial charge in [-0.15, -0.1) is 0 Å². The molecule has 0 bridgehead atoms. The van der Waals surface area contributed by atoms with E-state index >= 15 is 0 Å². The molecule has 0 spiro atoms.